The van der Waals surface area contributed by atoms with Crippen molar-refractivity contribution in [3.63, 3.8) is 0 Å². The second-order valence-electron chi connectivity index (χ2n) is 4.85. The van der Waals surface area contributed by atoms with E-state index in [1.807, 2.05) is 67.6 Å². The van der Waals surface area contributed by atoms with Crippen LogP contribution < -0.4 is 0 Å². The predicted octanol–water partition coefficient (Wildman–Crippen LogP) is 3.36. The molecule has 0 bridgehead atoms. The van der Waals surface area contributed by atoms with Crippen molar-refractivity contribution < 1.29 is 9.53 Å². The van der Waals surface area contributed by atoms with Crippen LogP contribution in [0, 0.1) is 0 Å². The Bertz CT molecular complexity index is 534. The standard InChI is InChI=1S/C17H18O2/c1-17(16(18)19-2,15-11-7-4-8-12-15)13-14-9-5-3-6-10-14/h3-12H,13H2,1-2H3/t17-/m1/s1. The summed E-state index contributed by atoms with van der Waals surface area (Å²) in [4.78, 5) is 12.2. The molecule has 2 aromatic carbocycles. The van der Waals surface area contributed by atoms with E-state index in [9.17, 15) is 4.79 Å². The van der Waals surface area contributed by atoms with Gasteiger partial charge in [0, 0.05) is 0 Å². The molecule has 0 heterocycles. The van der Waals surface area contributed by atoms with Crippen LogP contribution in [-0.4, -0.2) is 13.1 Å². The Morgan fingerprint density at radius 3 is 2.05 bits per heavy atom. The SMILES string of the molecule is COC(=O)[C@](C)(Cc1ccccc1)c1ccccc1. The van der Waals surface area contributed by atoms with Gasteiger partial charge in [0.25, 0.3) is 0 Å². The molecule has 0 aromatic heterocycles. The highest BCUT2D eigenvalue weighted by Gasteiger charge is 2.36. The highest BCUT2D eigenvalue weighted by Crippen LogP contribution is 2.29. The summed E-state index contributed by atoms with van der Waals surface area (Å²) in [5.41, 5.74) is 1.45. The van der Waals surface area contributed by atoms with Crippen molar-refractivity contribution in [2.45, 2.75) is 18.8 Å². The van der Waals surface area contributed by atoms with Crippen LogP contribution in [0.15, 0.2) is 60.7 Å². The molecule has 0 fully saturated rings. The highest BCUT2D eigenvalue weighted by atomic mass is 16.5. The number of methoxy groups -OCH3 is 1. The number of carbonyl (C=O) groups excluding carboxylic acids is 1. The lowest BCUT2D eigenvalue weighted by Crippen LogP contribution is -2.36. The molecule has 0 aliphatic rings. The van der Waals surface area contributed by atoms with Gasteiger partial charge < -0.3 is 4.74 Å². The molecular weight excluding hydrogens is 236 g/mol. The highest BCUT2D eigenvalue weighted by molar-refractivity contribution is 5.83. The van der Waals surface area contributed by atoms with E-state index in [-0.39, 0.29) is 5.97 Å². The van der Waals surface area contributed by atoms with Gasteiger partial charge in [0.2, 0.25) is 0 Å². The van der Waals surface area contributed by atoms with Crippen molar-refractivity contribution in [3.05, 3.63) is 71.8 Å². The largest absolute Gasteiger partial charge is 0.468 e. The van der Waals surface area contributed by atoms with Gasteiger partial charge in [-0.05, 0) is 24.5 Å². The average Bonchev–Trinajstić information content (AvgIpc) is 2.48. The Hall–Kier alpha value is -2.09. The fraction of sp³-hybridized carbons (Fsp3) is 0.235. The quantitative estimate of drug-likeness (QED) is 0.782. The van der Waals surface area contributed by atoms with Crippen LogP contribution in [0.1, 0.15) is 18.1 Å². The van der Waals surface area contributed by atoms with Gasteiger partial charge in [-0.3, -0.25) is 4.79 Å². The molecule has 2 heteroatoms. The topological polar surface area (TPSA) is 26.3 Å². The van der Waals surface area contributed by atoms with Crippen LogP contribution >= 0.6 is 0 Å². The second-order valence-corrected chi connectivity index (χ2v) is 4.85. The van der Waals surface area contributed by atoms with Gasteiger partial charge in [-0.15, -0.1) is 0 Å². The number of carbonyl (C=O) groups is 1. The predicted molar refractivity (Wildman–Crippen MR) is 76.0 cm³/mol. The molecule has 2 aromatic rings. The molecule has 19 heavy (non-hydrogen) atoms. The number of rotatable bonds is 4. The molecule has 0 amide bonds. The lowest BCUT2D eigenvalue weighted by atomic mass is 9.77. The van der Waals surface area contributed by atoms with E-state index in [0.717, 1.165) is 11.1 Å². The number of hydrogen-bond donors (Lipinski definition) is 0. The van der Waals surface area contributed by atoms with E-state index in [4.69, 9.17) is 4.74 Å². The first-order chi connectivity index (χ1) is 9.16. The maximum atomic E-state index is 12.2. The van der Waals surface area contributed by atoms with E-state index < -0.39 is 5.41 Å². The van der Waals surface area contributed by atoms with Crippen molar-refractivity contribution in [2.75, 3.05) is 7.11 Å². The van der Waals surface area contributed by atoms with Gasteiger partial charge >= 0.3 is 5.97 Å². The second kappa shape index (κ2) is 5.70. The number of esters is 1. The van der Waals surface area contributed by atoms with Crippen LogP contribution in [-0.2, 0) is 21.4 Å². The minimum atomic E-state index is -0.655. The Morgan fingerprint density at radius 2 is 1.53 bits per heavy atom. The summed E-state index contributed by atoms with van der Waals surface area (Å²) in [5.74, 6) is -0.206. The van der Waals surface area contributed by atoms with Gasteiger partial charge in [0.1, 0.15) is 0 Å². The zero-order valence-corrected chi connectivity index (χ0v) is 11.3. The first-order valence-electron chi connectivity index (χ1n) is 6.34. The first kappa shape index (κ1) is 13.3. The van der Waals surface area contributed by atoms with Gasteiger partial charge in [0.15, 0.2) is 0 Å². The summed E-state index contributed by atoms with van der Waals surface area (Å²) < 4.78 is 5.00. The maximum Gasteiger partial charge on any atom is 0.316 e. The van der Waals surface area contributed by atoms with Crippen LogP contribution in [0.3, 0.4) is 0 Å². The zero-order chi connectivity index (χ0) is 13.7. The minimum absolute atomic E-state index is 0.206. The normalized spacial score (nSPS) is 13.6. The third kappa shape index (κ3) is 2.84. The van der Waals surface area contributed by atoms with Crippen molar-refractivity contribution in [3.8, 4) is 0 Å². The zero-order valence-electron chi connectivity index (χ0n) is 11.3. The third-order valence-electron chi connectivity index (χ3n) is 3.45. The fourth-order valence-electron chi connectivity index (χ4n) is 2.33. The summed E-state index contributed by atoms with van der Waals surface area (Å²) >= 11 is 0. The molecule has 2 rings (SSSR count). The fourth-order valence-corrected chi connectivity index (χ4v) is 2.33. The van der Waals surface area contributed by atoms with E-state index in [0.29, 0.717) is 6.42 Å². The van der Waals surface area contributed by atoms with E-state index in [1.54, 1.807) is 0 Å². The lowest BCUT2D eigenvalue weighted by Gasteiger charge is -2.27. The van der Waals surface area contributed by atoms with Crippen molar-refractivity contribution >= 4 is 5.97 Å². The van der Waals surface area contributed by atoms with Crippen LogP contribution in [0.25, 0.3) is 0 Å². The molecule has 0 spiro atoms. The van der Waals surface area contributed by atoms with Crippen molar-refractivity contribution in [2.24, 2.45) is 0 Å². The molecule has 0 aliphatic heterocycles. The molecule has 0 N–H and O–H groups in total. The average molecular weight is 254 g/mol. The van der Waals surface area contributed by atoms with Crippen LogP contribution in [0.2, 0.25) is 0 Å². The van der Waals surface area contributed by atoms with Gasteiger partial charge in [0.05, 0.1) is 12.5 Å². The van der Waals surface area contributed by atoms with Gasteiger partial charge in [-0.25, -0.2) is 0 Å². The first-order valence-corrected chi connectivity index (χ1v) is 6.34. The van der Waals surface area contributed by atoms with Crippen LogP contribution in [0.5, 0.6) is 0 Å². The molecule has 98 valence electrons. The Kier molecular flexibility index (Phi) is 4.00. The summed E-state index contributed by atoms with van der Waals surface area (Å²) in [5, 5.41) is 0. The Labute approximate surface area is 114 Å². The molecule has 0 unspecified atom stereocenters. The van der Waals surface area contributed by atoms with Gasteiger partial charge in [-0.1, -0.05) is 60.7 Å². The molecular formula is C17H18O2. The molecule has 0 aliphatic carbocycles. The summed E-state index contributed by atoms with van der Waals surface area (Å²) in [6, 6.07) is 19.8. The smallest absolute Gasteiger partial charge is 0.316 e. The molecule has 0 saturated carbocycles. The Balaban J connectivity index is 2.39. The summed E-state index contributed by atoms with van der Waals surface area (Å²) in [6.07, 6.45) is 0.629. The monoisotopic (exact) mass is 254 g/mol. The summed E-state index contributed by atoms with van der Waals surface area (Å²) in [7, 11) is 1.44. The number of hydrogen-bond acceptors (Lipinski definition) is 2. The number of benzene rings is 2. The van der Waals surface area contributed by atoms with E-state index in [2.05, 4.69) is 0 Å². The molecule has 2 nitrogen and oxygen atoms in total. The van der Waals surface area contributed by atoms with E-state index in [1.165, 1.54) is 7.11 Å². The van der Waals surface area contributed by atoms with Crippen LogP contribution in [0.4, 0.5) is 0 Å². The van der Waals surface area contributed by atoms with Crippen molar-refractivity contribution in [1.82, 2.24) is 0 Å². The molecule has 0 saturated heterocycles. The third-order valence-corrected chi connectivity index (χ3v) is 3.45. The number of ether oxygens (including phenoxy) is 1. The molecule has 1 atom stereocenters. The summed E-state index contributed by atoms with van der Waals surface area (Å²) in [6.45, 7) is 1.93. The van der Waals surface area contributed by atoms with Gasteiger partial charge in [-0.2, -0.15) is 0 Å². The van der Waals surface area contributed by atoms with Crippen molar-refractivity contribution in [1.29, 1.82) is 0 Å². The maximum absolute atomic E-state index is 12.2. The van der Waals surface area contributed by atoms with E-state index >= 15 is 0 Å². The lowest BCUT2D eigenvalue weighted by molar-refractivity contribution is -0.146. The minimum Gasteiger partial charge on any atom is -0.468 e. The molecule has 0 radical (unpaired) electrons. The Morgan fingerprint density at radius 1 is 1.00 bits per heavy atom.